The minimum absolute atomic E-state index is 0.164. The van der Waals surface area contributed by atoms with Crippen molar-refractivity contribution in [2.24, 2.45) is 0 Å². The number of hydrogen-bond acceptors (Lipinski definition) is 2. The Labute approximate surface area is 118 Å². The molecule has 102 valence electrons. The van der Waals surface area contributed by atoms with Gasteiger partial charge in [-0.25, -0.2) is 4.39 Å². The topological polar surface area (TPSA) is 12.0 Å². The summed E-state index contributed by atoms with van der Waals surface area (Å²) in [7, 11) is 0. The van der Waals surface area contributed by atoms with E-state index >= 15 is 0 Å². The lowest BCUT2D eigenvalue weighted by Crippen LogP contribution is -2.31. The summed E-state index contributed by atoms with van der Waals surface area (Å²) >= 11 is 1.73. The number of thiophene rings is 1. The average Bonchev–Trinajstić information content (AvgIpc) is 2.88. The van der Waals surface area contributed by atoms with E-state index in [0.29, 0.717) is 6.04 Å². The van der Waals surface area contributed by atoms with Crippen molar-refractivity contribution in [1.82, 2.24) is 5.32 Å². The highest BCUT2D eigenvalue weighted by Gasteiger charge is 2.13. The van der Waals surface area contributed by atoms with Crippen molar-refractivity contribution in [2.75, 3.05) is 0 Å². The lowest BCUT2D eigenvalue weighted by atomic mass is 10.0. The van der Waals surface area contributed by atoms with Crippen LogP contribution in [0.1, 0.15) is 37.4 Å². The Morgan fingerprint density at radius 3 is 2.79 bits per heavy atom. The summed E-state index contributed by atoms with van der Waals surface area (Å²) in [6.07, 6.45) is 1.97. The van der Waals surface area contributed by atoms with Crippen LogP contribution in [0.4, 0.5) is 4.39 Å². The SMILES string of the molecule is CCC(NC(C)Cc1ccsc1)c1cccc(F)c1. The lowest BCUT2D eigenvalue weighted by molar-refractivity contribution is 0.442. The predicted octanol–water partition coefficient (Wildman–Crippen LogP) is 4.56. The van der Waals surface area contributed by atoms with E-state index < -0.39 is 0 Å². The summed E-state index contributed by atoms with van der Waals surface area (Å²) < 4.78 is 13.3. The van der Waals surface area contributed by atoms with E-state index in [-0.39, 0.29) is 11.9 Å². The zero-order valence-electron chi connectivity index (χ0n) is 11.4. The molecule has 2 aromatic rings. The van der Waals surface area contributed by atoms with Gasteiger partial charge < -0.3 is 5.32 Å². The average molecular weight is 277 g/mol. The van der Waals surface area contributed by atoms with Crippen LogP contribution >= 0.6 is 11.3 Å². The fourth-order valence-corrected chi connectivity index (χ4v) is 3.02. The largest absolute Gasteiger partial charge is 0.307 e. The maximum absolute atomic E-state index is 13.3. The smallest absolute Gasteiger partial charge is 0.123 e. The van der Waals surface area contributed by atoms with E-state index in [9.17, 15) is 4.39 Å². The molecule has 0 aliphatic rings. The maximum Gasteiger partial charge on any atom is 0.123 e. The van der Waals surface area contributed by atoms with Gasteiger partial charge in [0.15, 0.2) is 0 Å². The number of benzene rings is 1. The lowest BCUT2D eigenvalue weighted by Gasteiger charge is -2.22. The molecule has 2 unspecified atom stereocenters. The first-order valence-corrected chi connectivity index (χ1v) is 7.66. The van der Waals surface area contributed by atoms with Crippen LogP contribution in [0.5, 0.6) is 0 Å². The molecule has 0 bridgehead atoms. The molecular weight excluding hydrogens is 257 g/mol. The third-order valence-corrected chi connectivity index (χ3v) is 4.00. The molecular formula is C16H20FNS. The van der Waals surface area contributed by atoms with Crippen molar-refractivity contribution in [3.63, 3.8) is 0 Å². The van der Waals surface area contributed by atoms with Crippen LogP contribution in [0.2, 0.25) is 0 Å². The van der Waals surface area contributed by atoms with Gasteiger partial charge in [0.05, 0.1) is 0 Å². The molecule has 0 saturated carbocycles. The molecule has 0 spiro atoms. The Kier molecular flexibility index (Phi) is 5.11. The summed E-state index contributed by atoms with van der Waals surface area (Å²) in [5.74, 6) is -0.164. The Bertz CT molecular complexity index is 495. The van der Waals surface area contributed by atoms with E-state index in [1.54, 1.807) is 23.5 Å². The van der Waals surface area contributed by atoms with Gasteiger partial charge in [-0.3, -0.25) is 0 Å². The second-order valence-electron chi connectivity index (χ2n) is 4.92. The van der Waals surface area contributed by atoms with E-state index in [1.165, 1.54) is 11.6 Å². The zero-order valence-corrected chi connectivity index (χ0v) is 12.2. The molecule has 2 atom stereocenters. The maximum atomic E-state index is 13.3. The fraction of sp³-hybridized carbons (Fsp3) is 0.375. The van der Waals surface area contributed by atoms with Gasteiger partial charge in [-0.05, 0) is 59.9 Å². The molecule has 1 aromatic heterocycles. The minimum Gasteiger partial charge on any atom is -0.307 e. The van der Waals surface area contributed by atoms with Crippen molar-refractivity contribution in [2.45, 2.75) is 38.8 Å². The number of rotatable bonds is 6. The van der Waals surface area contributed by atoms with Gasteiger partial charge in [-0.15, -0.1) is 0 Å². The van der Waals surface area contributed by atoms with Crippen molar-refractivity contribution in [3.8, 4) is 0 Å². The van der Waals surface area contributed by atoms with Crippen LogP contribution in [-0.2, 0) is 6.42 Å². The molecule has 1 aromatic carbocycles. The molecule has 0 aliphatic carbocycles. The Morgan fingerprint density at radius 1 is 1.32 bits per heavy atom. The number of nitrogens with one attached hydrogen (secondary N) is 1. The third kappa shape index (κ3) is 4.15. The Hall–Kier alpha value is -1.19. The van der Waals surface area contributed by atoms with Crippen LogP contribution in [0.25, 0.3) is 0 Å². The van der Waals surface area contributed by atoms with E-state index in [1.807, 2.05) is 6.07 Å². The molecule has 2 rings (SSSR count). The second kappa shape index (κ2) is 6.83. The van der Waals surface area contributed by atoms with Gasteiger partial charge in [0.1, 0.15) is 5.82 Å². The molecule has 1 N–H and O–H groups in total. The molecule has 0 radical (unpaired) electrons. The van der Waals surface area contributed by atoms with Crippen LogP contribution in [0, 0.1) is 5.82 Å². The first kappa shape index (κ1) is 14.2. The van der Waals surface area contributed by atoms with Crippen LogP contribution in [0.3, 0.4) is 0 Å². The summed E-state index contributed by atoms with van der Waals surface area (Å²) in [4.78, 5) is 0. The molecule has 0 amide bonds. The normalized spacial score (nSPS) is 14.3. The van der Waals surface area contributed by atoms with Gasteiger partial charge in [0.25, 0.3) is 0 Å². The van der Waals surface area contributed by atoms with E-state index in [0.717, 1.165) is 18.4 Å². The van der Waals surface area contributed by atoms with Crippen LogP contribution in [0.15, 0.2) is 41.1 Å². The standard InChI is InChI=1S/C16H20FNS/c1-3-16(14-5-4-6-15(17)10-14)18-12(2)9-13-7-8-19-11-13/h4-8,10-12,16,18H,3,9H2,1-2H3. The van der Waals surface area contributed by atoms with E-state index in [2.05, 4.69) is 36.0 Å². The Balaban J connectivity index is 1.98. The monoisotopic (exact) mass is 277 g/mol. The summed E-state index contributed by atoms with van der Waals surface area (Å²) in [6, 6.07) is 9.63. The first-order valence-electron chi connectivity index (χ1n) is 6.71. The van der Waals surface area contributed by atoms with Gasteiger partial charge in [0.2, 0.25) is 0 Å². The van der Waals surface area contributed by atoms with Crippen molar-refractivity contribution >= 4 is 11.3 Å². The second-order valence-corrected chi connectivity index (χ2v) is 5.70. The molecule has 0 saturated heterocycles. The number of halogens is 1. The number of hydrogen-bond donors (Lipinski definition) is 1. The van der Waals surface area contributed by atoms with Gasteiger partial charge in [-0.2, -0.15) is 11.3 Å². The highest BCUT2D eigenvalue weighted by atomic mass is 32.1. The third-order valence-electron chi connectivity index (χ3n) is 3.27. The van der Waals surface area contributed by atoms with Gasteiger partial charge >= 0.3 is 0 Å². The van der Waals surface area contributed by atoms with Crippen molar-refractivity contribution < 1.29 is 4.39 Å². The van der Waals surface area contributed by atoms with Crippen molar-refractivity contribution in [3.05, 3.63) is 58.0 Å². The molecule has 3 heteroatoms. The van der Waals surface area contributed by atoms with E-state index in [4.69, 9.17) is 0 Å². The van der Waals surface area contributed by atoms with Crippen LogP contribution in [-0.4, -0.2) is 6.04 Å². The zero-order chi connectivity index (χ0) is 13.7. The minimum atomic E-state index is -0.164. The van der Waals surface area contributed by atoms with Crippen molar-refractivity contribution in [1.29, 1.82) is 0 Å². The summed E-state index contributed by atoms with van der Waals surface area (Å²) in [5.41, 5.74) is 2.39. The quantitative estimate of drug-likeness (QED) is 0.816. The predicted molar refractivity (Wildman–Crippen MR) is 80.1 cm³/mol. The summed E-state index contributed by atoms with van der Waals surface area (Å²) in [6.45, 7) is 4.31. The van der Waals surface area contributed by atoms with Crippen LogP contribution < -0.4 is 5.32 Å². The molecule has 1 nitrogen and oxygen atoms in total. The first-order chi connectivity index (χ1) is 9.19. The highest BCUT2D eigenvalue weighted by Crippen LogP contribution is 2.19. The molecule has 1 heterocycles. The van der Waals surface area contributed by atoms with Gasteiger partial charge in [-0.1, -0.05) is 19.1 Å². The molecule has 0 aliphatic heterocycles. The fourth-order valence-electron chi connectivity index (χ4n) is 2.34. The highest BCUT2D eigenvalue weighted by molar-refractivity contribution is 7.07. The molecule has 19 heavy (non-hydrogen) atoms. The summed E-state index contributed by atoms with van der Waals surface area (Å²) in [5, 5.41) is 7.87. The Morgan fingerprint density at radius 2 is 2.16 bits per heavy atom. The molecule has 0 fully saturated rings. The van der Waals surface area contributed by atoms with Gasteiger partial charge in [0, 0.05) is 12.1 Å².